The Morgan fingerprint density at radius 2 is 2.30 bits per heavy atom. The van der Waals surface area contributed by atoms with Crippen molar-refractivity contribution in [1.82, 2.24) is 10.3 Å². The Bertz CT molecular complexity index is 426. The van der Waals surface area contributed by atoms with Crippen molar-refractivity contribution in [2.24, 2.45) is 0 Å². The third kappa shape index (κ3) is 3.23. The van der Waals surface area contributed by atoms with E-state index in [0.717, 1.165) is 26.3 Å². The quantitative estimate of drug-likeness (QED) is 0.845. The molecule has 1 aliphatic heterocycles. The topological polar surface area (TPSA) is 34.1 Å². The molecule has 0 bridgehead atoms. The molecular weight excluding hydrogens is 268 g/mol. The monoisotopic (exact) mass is 294 g/mol. The number of ether oxygens (including phenoxy) is 1. The van der Waals surface area contributed by atoms with Crippen molar-refractivity contribution in [3.05, 3.63) is 15.6 Å². The molecule has 3 rings (SSSR count). The van der Waals surface area contributed by atoms with Crippen LogP contribution in [-0.4, -0.2) is 31.3 Å². The Kier molecular flexibility index (Phi) is 5.08. The second kappa shape index (κ2) is 7.01. The van der Waals surface area contributed by atoms with Gasteiger partial charge in [0.25, 0.3) is 0 Å². The second-order valence-electron chi connectivity index (χ2n) is 6.07. The first-order valence-electron chi connectivity index (χ1n) is 8.16. The van der Waals surface area contributed by atoms with Crippen molar-refractivity contribution in [1.29, 1.82) is 0 Å². The number of hydrogen-bond donors (Lipinski definition) is 1. The molecule has 0 saturated carbocycles. The molecule has 2 unspecified atom stereocenters. The van der Waals surface area contributed by atoms with Gasteiger partial charge in [-0.15, -0.1) is 11.3 Å². The lowest BCUT2D eigenvalue weighted by Gasteiger charge is -2.21. The predicted octanol–water partition coefficient (Wildman–Crippen LogP) is 3.46. The largest absolute Gasteiger partial charge is 0.381 e. The fourth-order valence-electron chi connectivity index (χ4n) is 3.29. The first-order valence-corrected chi connectivity index (χ1v) is 8.98. The van der Waals surface area contributed by atoms with Gasteiger partial charge in [0.15, 0.2) is 0 Å². The van der Waals surface area contributed by atoms with E-state index in [0.29, 0.717) is 11.8 Å². The normalized spacial score (nSPS) is 26.4. The summed E-state index contributed by atoms with van der Waals surface area (Å²) in [6, 6.07) is 0. The fourth-order valence-corrected chi connectivity index (χ4v) is 4.60. The first-order chi connectivity index (χ1) is 9.88. The Morgan fingerprint density at radius 3 is 3.10 bits per heavy atom. The summed E-state index contributed by atoms with van der Waals surface area (Å²) in [4.78, 5) is 6.59. The van der Waals surface area contributed by atoms with E-state index in [9.17, 15) is 0 Å². The van der Waals surface area contributed by atoms with Crippen LogP contribution in [0, 0.1) is 0 Å². The molecular formula is C16H26N2OS. The molecule has 2 heterocycles. The van der Waals surface area contributed by atoms with Gasteiger partial charge >= 0.3 is 0 Å². The average Bonchev–Trinajstić information content (AvgIpc) is 2.93. The average molecular weight is 294 g/mol. The summed E-state index contributed by atoms with van der Waals surface area (Å²) in [5, 5.41) is 4.92. The van der Waals surface area contributed by atoms with Gasteiger partial charge in [-0.25, -0.2) is 4.98 Å². The summed E-state index contributed by atoms with van der Waals surface area (Å²) in [5.41, 5.74) is 1.41. The van der Waals surface area contributed by atoms with Crippen LogP contribution in [-0.2, 0) is 11.2 Å². The van der Waals surface area contributed by atoms with Crippen LogP contribution in [0.2, 0.25) is 0 Å². The minimum atomic E-state index is 0.559. The van der Waals surface area contributed by atoms with Crippen molar-refractivity contribution in [2.45, 2.75) is 57.3 Å². The van der Waals surface area contributed by atoms with Crippen LogP contribution in [0.5, 0.6) is 0 Å². The molecule has 0 spiro atoms. The molecule has 3 nitrogen and oxygen atoms in total. The highest BCUT2D eigenvalue weighted by Crippen LogP contribution is 2.38. The Labute approximate surface area is 126 Å². The van der Waals surface area contributed by atoms with Crippen LogP contribution in [0.1, 0.15) is 66.4 Å². The summed E-state index contributed by atoms with van der Waals surface area (Å²) in [5.74, 6) is 1.20. The van der Waals surface area contributed by atoms with E-state index in [2.05, 4.69) is 12.2 Å². The van der Waals surface area contributed by atoms with E-state index in [1.54, 1.807) is 4.88 Å². The Hall–Kier alpha value is -0.450. The molecule has 0 radical (unpaired) electrons. The molecule has 0 aromatic carbocycles. The lowest BCUT2D eigenvalue weighted by molar-refractivity contribution is 0.0803. The summed E-state index contributed by atoms with van der Waals surface area (Å²) >= 11 is 1.97. The van der Waals surface area contributed by atoms with Crippen molar-refractivity contribution in [2.75, 3.05) is 26.3 Å². The Balaban J connectivity index is 1.70. The van der Waals surface area contributed by atoms with Crippen LogP contribution in [0.25, 0.3) is 0 Å². The van der Waals surface area contributed by atoms with E-state index in [1.165, 1.54) is 49.2 Å². The predicted molar refractivity (Wildman–Crippen MR) is 83.7 cm³/mol. The van der Waals surface area contributed by atoms with Crippen molar-refractivity contribution < 1.29 is 4.74 Å². The van der Waals surface area contributed by atoms with Crippen LogP contribution < -0.4 is 5.32 Å². The third-order valence-electron chi connectivity index (χ3n) is 4.41. The molecule has 20 heavy (non-hydrogen) atoms. The molecule has 1 aliphatic carbocycles. The van der Waals surface area contributed by atoms with Gasteiger partial charge in [-0.2, -0.15) is 0 Å². The van der Waals surface area contributed by atoms with Gasteiger partial charge in [-0.3, -0.25) is 0 Å². The van der Waals surface area contributed by atoms with Crippen molar-refractivity contribution >= 4 is 11.3 Å². The van der Waals surface area contributed by atoms with Gasteiger partial charge in [-0.05, 0) is 45.1 Å². The highest BCUT2D eigenvalue weighted by Gasteiger charge is 2.27. The smallest absolute Gasteiger partial charge is 0.0985 e. The lowest BCUT2D eigenvalue weighted by atomic mass is 9.91. The van der Waals surface area contributed by atoms with E-state index in [-0.39, 0.29) is 0 Å². The molecule has 2 aliphatic rings. The summed E-state index contributed by atoms with van der Waals surface area (Å²) in [7, 11) is 0. The molecule has 1 N–H and O–H groups in total. The SMILES string of the molecule is CCCNCC1CCCc2sc(C3CCCOC3)nc21. The summed E-state index contributed by atoms with van der Waals surface area (Å²) < 4.78 is 5.63. The van der Waals surface area contributed by atoms with Crippen molar-refractivity contribution in [3.63, 3.8) is 0 Å². The van der Waals surface area contributed by atoms with Gasteiger partial charge in [0.05, 0.1) is 17.3 Å². The third-order valence-corrected chi connectivity index (χ3v) is 5.71. The van der Waals surface area contributed by atoms with E-state index < -0.39 is 0 Å². The lowest BCUT2D eigenvalue weighted by Crippen LogP contribution is -2.25. The zero-order valence-corrected chi connectivity index (χ0v) is 13.3. The molecule has 1 aromatic rings. The molecule has 0 amide bonds. The Morgan fingerprint density at radius 1 is 1.35 bits per heavy atom. The number of nitrogens with zero attached hydrogens (tertiary/aromatic N) is 1. The number of fused-ring (bicyclic) bond motifs is 1. The maximum absolute atomic E-state index is 5.63. The van der Waals surface area contributed by atoms with Crippen LogP contribution in [0.4, 0.5) is 0 Å². The van der Waals surface area contributed by atoms with E-state index in [4.69, 9.17) is 9.72 Å². The minimum absolute atomic E-state index is 0.559. The van der Waals surface area contributed by atoms with E-state index in [1.807, 2.05) is 11.3 Å². The molecule has 1 fully saturated rings. The molecule has 2 atom stereocenters. The van der Waals surface area contributed by atoms with Gasteiger partial charge in [0.2, 0.25) is 0 Å². The molecule has 1 aromatic heterocycles. The number of nitrogens with one attached hydrogen (secondary N) is 1. The highest BCUT2D eigenvalue weighted by molar-refractivity contribution is 7.11. The molecule has 4 heteroatoms. The number of thiazole rings is 1. The standard InChI is InChI=1S/C16H26N2OS/c1-2-8-17-10-12-5-3-7-14-15(12)18-16(20-14)13-6-4-9-19-11-13/h12-13,17H,2-11H2,1H3. The highest BCUT2D eigenvalue weighted by atomic mass is 32.1. The van der Waals surface area contributed by atoms with Crippen LogP contribution >= 0.6 is 11.3 Å². The van der Waals surface area contributed by atoms with Gasteiger partial charge in [0, 0.05) is 29.9 Å². The van der Waals surface area contributed by atoms with Gasteiger partial charge in [-0.1, -0.05) is 6.92 Å². The van der Waals surface area contributed by atoms with Crippen LogP contribution in [0.15, 0.2) is 0 Å². The van der Waals surface area contributed by atoms with Crippen LogP contribution in [0.3, 0.4) is 0 Å². The molecule has 112 valence electrons. The maximum Gasteiger partial charge on any atom is 0.0985 e. The zero-order chi connectivity index (χ0) is 13.8. The minimum Gasteiger partial charge on any atom is -0.381 e. The second-order valence-corrected chi connectivity index (χ2v) is 7.18. The fraction of sp³-hybridized carbons (Fsp3) is 0.812. The number of aryl methyl sites for hydroxylation is 1. The number of aromatic nitrogens is 1. The molecule has 1 saturated heterocycles. The van der Waals surface area contributed by atoms with Crippen molar-refractivity contribution in [3.8, 4) is 0 Å². The number of rotatable bonds is 5. The summed E-state index contributed by atoms with van der Waals surface area (Å²) in [6.07, 6.45) is 7.52. The maximum atomic E-state index is 5.63. The van der Waals surface area contributed by atoms with E-state index >= 15 is 0 Å². The zero-order valence-electron chi connectivity index (χ0n) is 12.5. The first kappa shape index (κ1) is 14.5. The van der Waals surface area contributed by atoms with Gasteiger partial charge < -0.3 is 10.1 Å². The summed E-state index contributed by atoms with van der Waals surface area (Å²) in [6.45, 7) is 6.27. The number of hydrogen-bond acceptors (Lipinski definition) is 4. The van der Waals surface area contributed by atoms with Gasteiger partial charge in [0.1, 0.15) is 0 Å².